The fourth-order valence-electron chi connectivity index (χ4n) is 2.26. The zero-order valence-electron chi connectivity index (χ0n) is 13.9. The first kappa shape index (κ1) is 18.6. The van der Waals surface area contributed by atoms with E-state index >= 15 is 0 Å². The third-order valence-corrected chi connectivity index (χ3v) is 4.68. The monoisotopic (exact) mass is 396 g/mol. The van der Waals surface area contributed by atoms with Crippen LogP contribution < -0.4 is 4.74 Å². The molecule has 0 unspecified atom stereocenters. The van der Waals surface area contributed by atoms with Gasteiger partial charge in [0.1, 0.15) is 16.8 Å². The highest BCUT2D eigenvalue weighted by molar-refractivity contribution is 7.11. The van der Waals surface area contributed by atoms with Crippen molar-refractivity contribution in [1.29, 1.82) is 5.26 Å². The number of ether oxygens (including phenoxy) is 1. The maximum atomic E-state index is 10.5. The minimum Gasteiger partial charge on any atom is -0.482 e. The van der Waals surface area contributed by atoms with Crippen LogP contribution in [0.25, 0.3) is 22.9 Å². The molecular formula is C20H13ClN2O3S. The van der Waals surface area contributed by atoms with Crippen LogP contribution in [0.2, 0.25) is 5.02 Å². The summed E-state index contributed by atoms with van der Waals surface area (Å²) in [5, 5.41) is 21.3. The number of allylic oxidation sites excluding steroid dienone is 1. The lowest BCUT2D eigenvalue weighted by Crippen LogP contribution is -2.09. The summed E-state index contributed by atoms with van der Waals surface area (Å²) < 4.78 is 5.09. The second-order valence-electron chi connectivity index (χ2n) is 5.47. The summed E-state index contributed by atoms with van der Waals surface area (Å²) in [5.74, 6) is -0.585. The highest BCUT2D eigenvalue weighted by Gasteiger charge is 2.09. The summed E-state index contributed by atoms with van der Waals surface area (Å²) in [6.07, 6.45) is 1.73. The molecule has 0 aliphatic carbocycles. The van der Waals surface area contributed by atoms with Gasteiger partial charge in [0, 0.05) is 16.0 Å². The van der Waals surface area contributed by atoms with Crippen LogP contribution in [0.3, 0.4) is 0 Å². The number of aliphatic carboxylic acids is 1. The van der Waals surface area contributed by atoms with E-state index in [4.69, 9.17) is 21.4 Å². The minimum atomic E-state index is -1.04. The molecule has 0 radical (unpaired) electrons. The van der Waals surface area contributed by atoms with E-state index in [9.17, 15) is 10.1 Å². The second-order valence-corrected chi connectivity index (χ2v) is 6.76. The molecule has 0 bridgehead atoms. The van der Waals surface area contributed by atoms with E-state index in [2.05, 4.69) is 11.1 Å². The summed E-state index contributed by atoms with van der Waals surface area (Å²) in [6, 6.07) is 16.4. The summed E-state index contributed by atoms with van der Waals surface area (Å²) in [6.45, 7) is -0.398. The molecule has 5 nitrogen and oxygen atoms in total. The van der Waals surface area contributed by atoms with Crippen molar-refractivity contribution in [3.8, 4) is 23.1 Å². The number of carboxylic acid groups (broad SMARTS) is 1. The van der Waals surface area contributed by atoms with E-state index in [0.29, 0.717) is 21.4 Å². The number of carbonyl (C=O) groups is 1. The summed E-state index contributed by atoms with van der Waals surface area (Å²) in [5.41, 5.74) is 2.95. The molecule has 27 heavy (non-hydrogen) atoms. The summed E-state index contributed by atoms with van der Waals surface area (Å²) in [7, 11) is 0. The normalized spacial score (nSPS) is 11.0. The summed E-state index contributed by atoms with van der Waals surface area (Å²) in [4.78, 5) is 15.1. The summed E-state index contributed by atoms with van der Waals surface area (Å²) >= 11 is 7.30. The van der Waals surface area contributed by atoms with Gasteiger partial charge in [-0.1, -0.05) is 35.9 Å². The third-order valence-electron chi connectivity index (χ3n) is 3.55. The average Bonchev–Trinajstić information content (AvgIpc) is 3.16. The Morgan fingerprint density at radius 3 is 2.56 bits per heavy atom. The number of nitriles is 1. The van der Waals surface area contributed by atoms with Crippen LogP contribution in [-0.4, -0.2) is 22.7 Å². The lowest BCUT2D eigenvalue weighted by atomic mass is 10.1. The van der Waals surface area contributed by atoms with Crippen LogP contribution in [0.15, 0.2) is 53.9 Å². The molecule has 3 rings (SSSR count). The predicted molar refractivity (Wildman–Crippen MR) is 106 cm³/mol. The van der Waals surface area contributed by atoms with Gasteiger partial charge in [-0.2, -0.15) is 5.26 Å². The molecule has 0 amide bonds. The van der Waals surface area contributed by atoms with Gasteiger partial charge in [0.25, 0.3) is 0 Å². The zero-order valence-corrected chi connectivity index (χ0v) is 15.5. The van der Waals surface area contributed by atoms with E-state index < -0.39 is 12.6 Å². The van der Waals surface area contributed by atoms with Gasteiger partial charge in [0.05, 0.1) is 11.3 Å². The van der Waals surface area contributed by atoms with Gasteiger partial charge < -0.3 is 9.84 Å². The largest absolute Gasteiger partial charge is 0.482 e. The lowest BCUT2D eigenvalue weighted by Gasteiger charge is -2.03. The van der Waals surface area contributed by atoms with Crippen LogP contribution in [0.1, 0.15) is 10.6 Å². The molecular weight excluding hydrogens is 384 g/mol. The number of halogens is 1. The van der Waals surface area contributed by atoms with Crippen molar-refractivity contribution in [2.24, 2.45) is 0 Å². The molecule has 0 fully saturated rings. The smallest absolute Gasteiger partial charge is 0.341 e. The second kappa shape index (κ2) is 8.49. The van der Waals surface area contributed by atoms with Gasteiger partial charge in [-0.05, 0) is 35.9 Å². The quantitative estimate of drug-likeness (QED) is 0.593. The van der Waals surface area contributed by atoms with E-state index in [1.807, 2.05) is 17.5 Å². The third kappa shape index (κ3) is 4.94. The minimum absolute atomic E-state index is 0.398. The first-order valence-corrected chi connectivity index (χ1v) is 9.09. The fourth-order valence-corrected chi connectivity index (χ4v) is 3.19. The first-order chi connectivity index (χ1) is 13.0. The van der Waals surface area contributed by atoms with Gasteiger partial charge in [-0.3, -0.25) is 0 Å². The van der Waals surface area contributed by atoms with Gasteiger partial charge in [0.15, 0.2) is 6.61 Å². The Bertz CT molecular complexity index is 1020. The number of thiazole rings is 1. The molecule has 0 saturated carbocycles. The van der Waals surface area contributed by atoms with Gasteiger partial charge in [-0.15, -0.1) is 11.3 Å². The molecule has 0 saturated heterocycles. The van der Waals surface area contributed by atoms with Crippen LogP contribution in [0.4, 0.5) is 0 Å². The van der Waals surface area contributed by atoms with Crippen molar-refractivity contribution in [3.63, 3.8) is 0 Å². The molecule has 1 N–H and O–H groups in total. The molecule has 1 heterocycles. The Morgan fingerprint density at radius 1 is 1.22 bits per heavy atom. The van der Waals surface area contributed by atoms with E-state index in [0.717, 1.165) is 16.8 Å². The average molecular weight is 397 g/mol. The Morgan fingerprint density at radius 2 is 1.93 bits per heavy atom. The van der Waals surface area contributed by atoms with Gasteiger partial charge >= 0.3 is 5.97 Å². The van der Waals surface area contributed by atoms with Crippen LogP contribution >= 0.6 is 22.9 Å². The van der Waals surface area contributed by atoms with Gasteiger partial charge in [0.2, 0.25) is 0 Å². The van der Waals surface area contributed by atoms with Crippen molar-refractivity contribution in [3.05, 3.63) is 69.5 Å². The number of rotatable bonds is 6. The molecule has 0 spiro atoms. The van der Waals surface area contributed by atoms with Crippen molar-refractivity contribution in [1.82, 2.24) is 4.98 Å². The maximum absolute atomic E-state index is 10.5. The molecule has 0 aliphatic rings. The number of aromatic nitrogens is 1. The molecule has 7 heteroatoms. The standard InChI is InChI=1S/C20H13ClN2O3S/c21-16-5-3-14(4-6-16)18-12-27-20(23-18)15(10-22)9-13-1-7-17(8-2-13)26-11-19(24)25/h1-9,12H,11H2,(H,24,25). The van der Waals surface area contributed by atoms with Crippen molar-refractivity contribution in [2.45, 2.75) is 0 Å². The van der Waals surface area contributed by atoms with Gasteiger partial charge in [-0.25, -0.2) is 9.78 Å². The van der Waals surface area contributed by atoms with E-state index in [1.54, 1.807) is 42.5 Å². The molecule has 0 atom stereocenters. The Kier molecular flexibility index (Phi) is 5.87. The number of benzene rings is 2. The van der Waals surface area contributed by atoms with E-state index in [-0.39, 0.29) is 0 Å². The molecule has 0 aliphatic heterocycles. The van der Waals surface area contributed by atoms with Crippen molar-refractivity contribution >= 4 is 40.6 Å². The lowest BCUT2D eigenvalue weighted by molar-refractivity contribution is -0.139. The number of hydrogen-bond acceptors (Lipinski definition) is 5. The Hall–Kier alpha value is -3.14. The predicted octanol–water partition coefficient (Wildman–Crippen LogP) is 4.99. The maximum Gasteiger partial charge on any atom is 0.341 e. The molecule has 134 valence electrons. The highest BCUT2D eigenvalue weighted by atomic mass is 35.5. The molecule has 3 aromatic rings. The van der Waals surface area contributed by atoms with Crippen LogP contribution in [0, 0.1) is 11.3 Å². The SMILES string of the molecule is N#CC(=Cc1ccc(OCC(=O)O)cc1)c1nc(-c2ccc(Cl)cc2)cs1. The highest BCUT2D eigenvalue weighted by Crippen LogP contribution is 2.28. The van der Waals surface area contributed by atoms with Crippen molar-refractivity contribution in [2.75, 3.05) is 6.61 Å². The Balaban J connectivity index is 1.79. The van der Waals surface area contributed by atoms with E-state index in [1.165, 1.54) is 11.3 Å². The van der Waals surface area contributed by atoms with Crippen LogP contribution in [-0.2, 0) is 4.79 Å². The number of nitrogens with zero attached hydrogens (tertiary/aromatic N) is 2. The number of carboxylic acids is 1. The Labute approximate surface area is 164 Å². The van der Waals surface area contributed by atoms with Crippen LogP contribution in [0.5, 0.6) is 5.75 Å². The zero-order chi connectivity index (χ0) is 19.2. The molecule has 1 aromatic heterocycles. The van der Waals surface area contributed by atoms with Crippen molar-refractivity contribution < 1.29 is 14.6 Å². The topological polar surface area (TPSA) is 83.2 Å². The first-order valence-electron chi connectivity index (χ1n) is 7.83. The number of hydrogen-bond donors (Lipinski definition) is 1. The molecule has 2 aromatic carbocycles. The fraction of sp³-hybridized carbons (Fsp3) is 0.0500.